The molecule has 1 fully saturated rings. The van der Waals surface area contributed by atoms with Crippen molar-refractivity contribution in [3.8, 4) is 11.1 Å². The van der Waals surface area contributed by atoms with Crippen LogP contribution in [0.4, 0.5) is 10.2 Å². The van der Waals surface area contributed by atoms with Crippen molar-refractivity contribution in [1.29, 1.82) is 0 Å². The topological polar surface area (TPSA) is 196 Å². The van der Waals surface area contributed by atoms with E-state index in [1.807, 2.05) is 6.07 Å². The summed E-state index contributed by atoms with van der Waals surface area (Å²) in [7, 11) is 0. The molecule has 0 saturated carbocycles. The van der Waals surface area contributed by atoms with E-state index in [0.29, 0.717) is 11.1 Å². The highest BCUT2D eigenvalue weighted by molar-refractivity contribution is 7.07. The molecule has 5 N–H and O–H groups in total. The van der Waals surface area contributed by atoms with Gasteiger partial charge in [-0.15, -0.1) is 11.3 Å². The van der Waals surface area contributed by atoms with Crippen molar-refractivity contribution in [2.45, 2.75) is 43.1 Å². The number of anilines is 1. The van der Waals surface area contributed by atoms with E-state index in [2.05, 4.69) is 19.9 Å². The number of nitrogens with two attached hydrogens (primary N) is 1. The Hall–Kier alpha value is -4.54. The number of hydrogen-bond acceptors (Lipinski definition) is 11. The second-order valence-corrected chi connectivity index (χ2v) is 11.7. The third-order valence-corrected chi connectivity index (χ3v) is 8.51. The standard InChI is InChI=1S/C30H26ClFN6O7S/c31-29-36-25(33)23-26(37-29)38(13-34-23)27-22(32)24(41)19(45-27)11-44-30(28(42)43,20-12-46-14-35-20)10-15-5-7-16(8-6-15)18-4-2-1-3-17(18)9-21(39)40/h1-8,12-14,19,22,24,27,41H,9-11H2,(H,39,40)(H,42,43)(H2,33,36,37)/t19-,22+,24-,27-,30?/m1/s1. The number of carbonyl (C=O) groups is 2. The number of aromatic nitrogens is 5. The molecule has 238 valence electrons. The lowest BCUT2D eigenvalue weighted by atomic mass is 9.90. The predicted molar refractivity (Wildman–Crippen MR) is 164 cm³/mol. The minimum atomic E-state index is -2.02. The van der Waals surface area contributed by atoms with Crippen LogP contribution in [0.25, 0.3) is 22.3 Å². The van der Waals surface area contributed by atoms with Crippen molar-refractivity contribution >= 4 is 51.9 Å². The van der Waals surface area contributed by atoms with E-state index in [4.69, 9.17) is 26.8 Å². The SMILES string of the molecule is Nc1nc(Cl)nc2c1ncn2[C@@H]1O[C@H](COC(Cc2ccc(-c3ccccc3CC(=O)O)cc2)(C(=O)O)c2cscn2)[C@@H](O)[C@@H]1F. The first-order chi connectivity index (χ1) is 22.1. The van der Waals surface area contributed by atoms with Gasteiger partial charge in [-0.3, -0.25) is 9.36 Å². The van der Waals surface area contributed by atoms with Gasteiger partial charge in [0, 0.05) is 11.8 Å². The van der Waals surface area contributed by atoms with Crippen molar-refractivity contribution in [3.05, 3.63) is 87.9 Å². The zero-order valence-corrected chi connectivity index (χ0v) is 25.3. The maximum absolute atomic E-state index is 15.5. The quantitative estimate of drug-likeness (QED) is 0.149. The van der Waals surface area contributed by atoms with Crippen molar-refractivity contribution in [1.82, 2.24) is 24.5 Å². The van der Waals surface area contributed by atoms with E-state index >= 15 is 4.39 Å². The third-order valence-electron chi connectivity index (χ3n) is 7.75. The summed E-state index contributed by atoms with van der Waals surface area (Å²) < 4.78 is 28.6. The number of thiazole rings is 1. The fourth-order valence-corrected chi connectivity index (χ4v) is 6.26. The van der Waals surface area contributed by atoms with Crippen LogP contribution in [-0.4, -0.2) is 76.7 Å². The molecule has 2 aromatic carbocycles. The van der Waals surface area contributed by atoms with Gasteiger partial charge < -0.3 is 30.5 Å². The van der Waals surface area contributed by atoms with E-state index in [1.165, 1.54) is 27.7 Å². The summed E-state index contributed by atoms with van der Waals surface area (Å²) in [6.07, 6.45) is -5.42. The van der Waals surface area contributed by atoms with E-state index in [9.17, 15) is 24.9 Å². The molecule has 4 heterocycles. The molecule has 0 amide bonds. The van der Waals surface area contributed by atoms with Crippen molar-refractivity contribution in [2.24, 2.45) is 0 Å². The monoisotopic (exact) mass is 668 g/mol. The Morgan fingerprint density at radius 1 is 1.13 bits per heavy atom. The molecule has 16 heteroatoms. The lowest BCUT2D eigenvalue weighted by Gasteiger charge is -2.30. The van der Waals surface area contributed by atoms with Gasteiger partial charge in [0.05, 0.1) is 30.6 Å². The van der Waals surface area contributed by atoms with Gasteiger partial charge in [0.1, 0.15) is 17.7 Å². The molecular formula is C30H26ClFN6O7S. The molecule has 5 atom stereocenters. The molecule has 6 rings (SSSR count). The van der Waals surface area contributed by atoms with Crippen molar-refractivity contribution in [2.75, 3.05) is 12.3 Å². The summed E-state index contributed by atoms with van der Waals surface area (Å²) in [5.74, 6) is -2.33. The predicted octanol–water partition coefficient (Wildman–Crippen LogP) is 3.65. The first-order valence-corrected chi connectivity index (χ1v) is 15.2. The number of ether oxygens (including phenoxy) is 2. The van der Waals surface area contributed by atoms with Crippen LogP contribution in [0, 0.1) is 0 Å². The Balaban J connectivity index is 1.25. The summed E-state index contributed by atoms with van der Waals surface area (Å²) in [5.41, 5.74) is 8.37. The van der Waals surface area contributed by atoms with Gasteiger partial charge in [0.2, 0.25) is 10.9 Å². The van der Waals surface area contributed by atoms with Crippen molar-refractivity contribution < 1.29 is 38.8 Å². The molecular weight excluding hydrogens is 643 g/mol. The fourth-order valence-electron chi connectivity index (χ4n) is 5.47. The second-order valence-electron chi connectivity index (χ2n) is 10.6. The van der Waals surface area contributed by atoms with E-state index in [1.54, 1.807) is 47.8 Å². The number of nitrogen functional groups attached to an aromatic ring is 1. The Morgan fingerprint density at radius 2 is 1.89 bits per heavy atom. The summed E-state index contributed by atoms with van der Waals surface area (Å²) in [5, 5.41) is 32.0. The van der Waals surface area contributed by atoms with E-state index in [0.717, 1.165) is 11.1 Å². The summed E-state index contributed by atoms with van der Waals surface area (Å²) in [6, 6.07) is 14.1. The summed E-state index contributed by atoms with van der Waals surface area (Å²) >= 11 is 7.11. The van der Waals surface area contributed by atoms with Crippen LogP contribution >= 0.6 is 22.9 Å². The van der Waals surface area contributed by atoms with Crippen molar-refractivity contribution in [3.63, 3.8) is 0 Å². The molecule has 0 radical (unpaired) electrons. The maximum atomic E-state index is 15.5. The molecule has 1 aliphatic heterocycles. The van der Waals surface area contributed by atoms with E-state index in [-0.39, 0.29) is 40.8 Å². The zero-order valence-electron chi connectivity index (χ0n) is 23.7. The van der Waals surface area contributed by atoms with Crippen LogP contribution < -0.4 is 5.73 Å². The lowest BCUT2D eigenvalue weighted by molar-refractivity contribution is -0.177. The third kappa shape index (κ3) is 5.90. The van der Waals surface area contributed by atoms with Gasteiger partial charge >= 0.3 is 11.9 Å². The minimum Gasteiger partial charge on any atom is -0.481 e. The lowest BCUT2D eigenvalue weighted by Crippen LogP contribution is -2.44. The molecule has 5 aromatic rings. The maximum Gasteiger partial charge on any atom is 0.342 e. The number of aliphatic hydroxyl groups is 1. The first-order valence-electron chi connectivity index (χ1n) is 13.9. The molecule has 46 heavy (non-hydrogen) atoms. The van der Waals surface area contributed by atoms with Crippen LogP contribution in [-0.2, 0) is 37.5 Å². The Morgan fingerprint density at radius 3 is 2.59 bits per heavy atom. The summed E-state index contributed by atoms with van der Waals surface area (Å²) in [6.45, 7) is -0.507. The minimum absolute atomic E-state index is 0.0189. The average Bonchev–Trinajstić information content (AvgIpc) is 3.77. The normalized spacial score (nSPS) is 20.9. The van der Waals surface area contributed by atoms with Gasteiger partial charge in [0.15, 0.2) is 23.9 Å². The molecule has 13 nitrogen and oxygen atoms in total. The number of halogens is 2. The number of benzene rings is 2. The smallest absolute Gasteiger partial charge is 0.342 e. The first kappa shape index (κ1) is 31.4. The van der Waals surface area contributed by atoms with Crippen LogP contribution in [0.2, 0.25) is 5.28 Å². The van der Waals surface area contributed by atoms with Gasteiger partial charge in [0.25, 0.3) is 0 Å². The van der Waals surface area contributed by atoms with Crippen LogP contribution in [0.5, 0.6) is 0 Å². The molecule has 0 aliphatic carbocycles. The number of rotatable bonds is 11. The number of hydrogen-bond donors (Lipinski definition) is 4. The summed E-state index contributed by atoms with van der Waals surface area (Å²) in [4.78, 5) is 40.5. The number of aliphatic carboxylic acids is 2. The van der Waals surface area contributed by atoms with Crippen LogP contribution in [0.3, 0.4) is 0 Å². The average molecular weight is 669 g/mol. The molecule has 3 aromatic heterocycles. The number of carboxylic acids is 2. The molecule has 1 unspecified atom stereocenters. The van der Waals surface area contributed by atoms with Crippen LogP contribution in [0.1, 0.15) is 23.0 Å². The Kier molecular flexibility index (Phi) is 8.67. The fraction of sp³-hybridized carbons (Fsp3) is 0.267. The van der Waals surface area contributed by atoms with Gasteiger partial charge in [-0.1, -0.05) is 48.5 Å². The number of aliphatic hydroxyl groups excluding tert-OH is 1. The number of nitrogens with zero attached hydrogens (tertiary/aromatic N) is 5. The Bertz CT molecular complexity index is 1890. The number of fused-ring (bicyclic) bond motifs is 1. The number of alkyl halides is 1. The molecule has 0 bridgehead atoms. The number of imidazole rings is 1. The van der Waals surface area contributed by atoms with Gasteiger partial charge in [-0.25, -0.2) is 19.2 Å². The van der Waals surface area contributed by atoms with Gasteiger partial charge in [-0.05, 0) is 33.9 Å². The highest BCUT2D eigenvalue weighted by Crippen LogP contribution is 2.37. The van der Waals surface area contributed by atoms with Gasteiger partial charge in [-0.2, -0.15) is 9.97 Å². The largest absolute Gasteiger partial charge is 0.481 e. The molecule has 1 saturated heterocycles. The highest BCUT2D eigenvalue weighted by Gasteiger charge is 2.49. The van der Waals surface area contributed by atoms with Crippen LogP contribution in [0.15, 0.2) is 65.7 Å². The Labute approximate surface area is 269 Å². The van der Waals surface area contributed by atoms with E-state index < -0.39 is 48.8 Å². The number of carboxylic acid groups (broad SMARTS) is 2. The second kappa shape index (κ2) is 12.7. The highest BCUT2D eigenvalue weighted by atomic mass is 35.5. The molecule has 1 aliphatic rings. The zero-order chi connectivity index (χ0) is 32.6. The molecule has 0 spiro atoms.